The number of amides is 1. The number of hydrogen-bond acceptors (Lipinski definition) is 4. The highest BCUT2D eigenvalue weighted by Gasteiger charge is 2.14. The first-order chi connectivity index (χ1) is 10.6. The van der Waals surface area contributed by atoms with Gasteiger partial charge in [0, 0.05) is 11.6 Å². The van der Waals surface area contributed by atoms with Crippen molar-refractivity contribution in [2.45, 2.75) is 13.3 Å². The zero-order valence-corrected chi connectivity index (χ0v) is 12.0. The van der Waals surface area contributed by atoms with Gasteiger partial charge in [0.25, 0.3) is 5.69 Å². The lowest BCUT2D eigenvalue weighted by molar-refractivity contribution is -0.385. The largest absolute Gasteiger partial charge is 0.273 e. The predicted octanol–water partition coefficient (Wildman–Crippen LogP) is 2.60. The standard InChI is InChI=1S/C16H15N3O3/c1-12-6-8-13(9-7-12)11-17-18-16(20)10-14-4-2-3-5-15(14)19(21)22/h2-9,11H,10H2,1H3,(H,18,20). The second-order valence-electron chi connectivity index (χ2n) is 4.77. The van der Waals surface area contributed by atoms with Gasteiger partial charge in [0.15, 0.2) is 0 Å². The Morgan fingerprint density at radius 2 is 1.91 bits per heavy atom. The Bertz CT molecular complexity index is 709. The third-order valence-electron chi connectivity index (χ3n) is 3.02. The van der Waals surface area contributed by atoms with E-state index in [9.17, 15) is 14.9 Å². The number of nitrogens with one attached hydrogen (secondary N) is 1. The van der Waals surface area contributed by atoms with Gasteiger partial charge < -0.3 is 0 Å². The molecule has 0 saturated carbocycles. The topological polar surface area (TPSA) is 84.6 Å². The SMILES string of the molecule is Cc1ccc(C=NNC(=O)Cc2ccccc2[N+](=O)[O-])cc1. The van der Waals surface area contributed by atoms with Crippen molar-refractivity contribution < 1.29 is 9.72 Å². The fraction of sp³-hybridized carbons (Fsp3) is 0.125. The molecule has 0 saturated heterocycles. The minimum atomic E-state index is -0.502. The number of hydrazone groups is 1. The smallest absolute Gasteiger partial charge is 0.273 e. The molecule has 1 N–H and O–H groups in total. The number of rotatable bonds is 5. The van der Waals surface area contributed by atoms with E-state index in [4.69, 9.17) is 0 Å². The third kappa shape index (κ3) is 4.24. The van der Waals surface area contributed by atoms with E-state index in [-0.39, 0.29) is 12.1 Å². The fourth-order valence-corrected chi connectivity index (χ4v) is 1.88. The second-order valence-corrected chi connectivity index (χ2v) is 4.77. The van der Waals surface area contributed by atoms with E-state index in [0.29, 0.717) is 5.56 Å². The molecule has 6 nitrogen and oxygen atoms in total. The van der Waals surface area contributed by atoms with Crippen molar-refractivity contribution in [1.29, 1.82) is 0 Å². The summed E-state index contributed by atoms with van der Waals surface area (Å²) in [7, 11) is 0. The summed E-state index contributed by atoms with van der Waals surface area (Å²) < 4.78 is 0. The summed E-state index contributed by atoms with van der Waals surface area (Å²) in [4.78, 5) is 22.2. The summed E-state index contributed by atoms with van der Waals surface area (Å²) >= 11 is 0. The zero-order valence-electron chi connectivity index (χ0n) is 12.0. The molecular formula is C16H15N3O3. The lowest BCUT2D eigenvalue weighted by atomic mass is 10.1. The summed E-state index contributed by atoms with van der Waals surface area (Å²) in [6, 6.07) is 13.8. The molecule has 0 aliphatic carbocycles. The molecule has 2 aromatic rings. The van der Waals surface area contributed by atoms with E-state index in [2.05, 4.69) is 10.5 Å². The molecule has 2 rings (SSSR count). The van der Waals surface area contributed by atoms with E-state index in [1.54, 1.807) is 18.2 Å². The van der Waals surface area contributed by atoms with Gasteiger partial charge in [-0.1, -0.05) is 48.0 Å². The molecule has 0 aromatic heterocycles. The van der Waals surface area contributed by atoms with Crippen molar-refractivity contribution >= 4 is 17.8 Å². The van der Waals surface area contributed by atoms with E-state index in [0.717, 1.165) is 11.1 Å². The average molecular weight is 297 g/mol. The first-order valence-corrected chi connectivity index (χ1v) is 6.67. The quantitative estimate of drug-likeness (QED) is 0.523. The number of benzene rings is 2. The highest BCUT2D eigenvalue weighted by atomic mass is 16.6. The van der Waals surface area contributed by atoms with Crippen LogP contribution in [-0.2, 0) is 11.2 Å². The van der Waals surface area contributed by atoms with Crippen molar-refractivity contribution in [1.82, 2.24) is 5.43 Å². The van der Waals surface area contributed by atoms with Gasteiger partial charge in [-0.2, -0.15) is 5.10 Å². The minimum absolute atomic E-state index is 0.0693. The van der Waals surface area contributed by atoms with Crippen LogP contribution in [0.1, 0.15) is 16.7 Å². The molecule has 0 aliphatic heterocycles. The molecule has 0 unspecified atom stereocenters. The highest BCUT2D eigenvalue weighted by Crippen LogP contribution is 2.17. The van der Waals surface area contributed by atoms with E-state index >= 15 is 0 Å². The van der Waals surface area contributed by atoms with Crippen LogP contribution < -0.4 is 5.43 Å². The Morgan fingerprint density at radius 1 is 1.23 bits per heavy atom. The molecule has 1 amide bonds. The van der Waals surface area contributed by atoms with Crippen LogP contribution in [0.15, 0.2) is 53.6 Å². The molecule has 0 aliphatic rings. The van der Waals surface area contributed by atoms with Gasteiger partial charge in [-0.15, -0.1) is 0 Å². The molecule has 0 heterocycles. The van der Waals surface area contributed by atoms with Crippen molar-refractivity contribution in [3.63, 3.8) is 0 Å². The Hall–Kier alpha value is -3.02. The summed E-state index contributed by atoms with van der Waals surface area (Å²) in [5, 5.41) is 14.7. The number of carbonyl (C=O) groups excluding carboxylic acids is 1. The van der Waals surface area contributed by atoms with Gasteiger partial charge in [-0.25, -0.2) is 5.43 Å². The predicted molar refractivity (Wildman–Crippen MR) is 83.7 cm³/mol. The van der Waals surface area contributed by atoms with Crippen LogP contribution in [0.5, 0.6) is 0 Å². The fourth-order valence-electron chi connectivity index (χ4n) is 1.88. The normalized spacial score (nSPS) is 10.6. The van der Waals surface area contributed by atoms with Gasteiger partial charge in [-0.05, 0) is 12.5 Å². The van der Waals surface area contributed by atoms with Crippen LogP contribution in [0.3, 0.4) is 0 Å². The molecule has 0 fully saturated rings. The minimum Gasteiger partial charge on any atom is -0.273 e. The third-order valence-corrected chi connectivity index (χ3v) is 3.02. The van der Waals surface area contributed by atoms with Gasteiger partial charge in [0.05, 0.1) is 17.6 Å². The molecule has 0 spiro atoms. The van der Waals surface area contributed by atoms with Crippen LogP contribution in [-0.4, -0.2) is 17.0 Å². The van der Waals surface area contributed by atoms with Crippen molar-refractivity contribution in [2.24, 2.45) is 5.10 Å². The Morgan fingerprint density at radius 3 is 2.59 bits per heavy atom. The summed E-state index contributed by atoms with van der Waals surface area (Å²) in [6.45, 7) is 1.98. The number of nitro groups is 1. The molecule has 0 atom stereocenters. The van der Waals surface area contributed by atoms with E-state index in [1.165, 1.54) is 12.3 Å². The highest BCUT2D eigenvalue weighted by molar-refractivity contribution is 5.83. The summed E-state index contributed by atoms with van der Waals surface area (Å²) in [5.74, 6) is -0.405. The van der Waals surface area contributed by atoms with Gasteiger partial charge >= 0.3 is 0 Å². The lowest BCUT2D eigenvalue weighted by Crippen LogP contribution is -2.20. The average Bonchev–Trinajstić information content (AvgIpc) is 2.49. The number of nitrogens with zero attached hydrogens (tertiary/aromatic N) is 2. The van der Waals surface area contributed by atoms with Gasteiger partial charge in [0.2, 0.25) is 5.91 Å². The van der Waals surface area contributed by atoms with E-state index in [1.807, 2.05) is 31.2 Å². The lowest BCUT2D eigenvalue weighted by Gasteiger charge is -2.02. The second kappa shape index (κ2) is 7.12. The van der Waals surface area contributed by atoms with Crippen molar-refractivity contribution in [3.05, 3.63) is 75.3 Å². The molecule has 112 valence electrons. The molecule has 0 radical (unpaired) electrons. The Balaban J connectivity index is 1.96. The molecule has 0 bridgehead atoms. The molecule has 22 heavy (non-hydrogen) atoms. The number of hydrogen-bond donors (Lipinski definition) is 1. The first-order valence-electron chi connectivity index (χ1n) is 6.67. The Labute approximate surface area is 127 Å². The van der Waals surface area contributed by atoms with Gasteiger partial charge in [-0.3, -0.25) is 14.9 Å². The van der Waals surface area contributed by atoms with Crippen LogP contribution in [0.2, 0.25) is 0 Å². The van der Waals surface area contributed by atoms with Crippen LogP contribution in [0.4, 0.5) is 5.69 Å². The van der Waals surface area contributed by atoms with Crippen LogP contribution in [0, 0.1) is 17.0 Å². The zero-order chi connectivity index (χ0) is 15.9. The summed E-state index contributed by atoms with van der Waals surface area (Å²) in [6.07, 6.45) is 1.43. The monoisotopic (exact) mass is 297 g/mol. The maximum atomic E-state index is 11.8. The van der Waals surface area contributed by atoms with Gasteiger partial charge in [0.1, 0.15) is 0 Å². The number of aryl methyl sites for hydroxylation is 1. The number of para-hydroxylation sites is 1. The van der Waals surface area contributed by atoms with Crippen LogP contribution in [0.25, 0.3) is 0 Å². The number of carbonyl (C=O) groups is 1. The Kier molecular flexibility index (Phi) is 4.98. The van der Waals surface area contributed by atoms with Crippen LogP contribution >= 0.6 is 0 Å². The first kappa shape index (κ1) is 15.4. The number of nitro benzene ring substituents is 1. The maximum absolute atomic E-state index is 11.8. The van der Waals surface area contributed by atoms with Crippen molar-refractivity contribution in [2.75, 3.05) is 0 Å². The molecule has 6 heteroatoms. The van der Waals surface area contributed by atoms with Crippen molar-refractivity contribution in [3.8, 4) is 0 Å². The summed E-state index contributed by atoms with van der Waals surface area (Å²) in [5.41, 5.74) is 4.65. The maximum Gasteiger partial charge on any atom is 0.273 e. The molecule has 2 aromatic carbocycles. The van der Waals surface area contributed by atoms with E-state index < -0.39 is 10.8 Å². The molecular weight excluding hydrogens is 282 g/mol.